The Bertz CT molecular complexity index is 560. The van der Waals surface area contributed by atoms with E-state index >= 15 is 0 Å². The predicted octanol–water partition coefficient (Wildman–Crippen LogP) is 2.95. The van der Waals surface area contributed by atoms with Gasteiger partial charge in [0.25, 0.3) is 0 Å². The second-order valence-corrected chi connectivity index (χ2v) is 4.48. The molecule has 0 aliphatic rings. The van der Waals surface area contributed by atoms with Crippen molar-refractivity contribution in [2.75, 3.05) is 18.5 Å². The van der Waals surface area contributed by atoms with Crippen LogP contribution in [0.2, 0.25) is 0 Å². The third-order valence-corrected chi connectivity index (χ3v) is 2.71. The molecule has 0 spiro atoms. The average Bonchev–Trinajstić information content (AvgIpc) is 2.28. The zero-order valence-electron chi connectivity index (χ0n) is 10.6. The molecule has 2 aromatic rings. The Kier molecular flexibility index (Phi) is 3.09. The Morgan fingerprint density at radius 3 is 2.82 bits per heavy atom. The molecule has 0 aliphatic heterocycles. The van der Waals surface area contributed by atoms with Gasteiger partial charge in [0.15, 0.2) is 0 Å². The second kappa shape index (κ2) is 4.53. The highest BCUT2D eigenvalue weighted by molar-refractivity contribution is 5.91. The van der Waals surface area contributed by atoms with Crippen molar-refractivity contribution in [2.24, 2.45) is 0 Å². The van der Waals surface area contributed by atoms with Gasteiger partial charge in [-0.05, 0) is 25.5 Å². The summed E-state index contributed by atoms with van der Waals surface area (Å²) in [5.74, 6) is 0.960. The van der Waals surface area contributed by atoms with E-state index in [2.05, 4.69) is 40.5 Å². The first-order chi connectivity index (χ1) is 8.09. The van der Waals surface area contributed by atoms with Crippen LogP contribution in [0.1, 0.15) is 12.5 Å². The molecule has 0 N–H and O–H groups in total. The van der Waals surface area contributed by atoms with Crippen LogP contribution in [0.25, 0.3) is 10.9 Å². The van der Waals surface area contributed by atoms with Crippen LogP contribution in [0, 0.1) is 6.92 Å². The van der Waals surface area contributed by atoms with E-state index in [1.165, 1.54) is 5.56 Å². The number of fused-ring (bicyclic) bond motifs is 1. The first-order valence-corrected chi connectivity index (χ1v) is 5.65. The van der Waals surface area contributed by atoms with E-state index in [4.69, 9.17) is 0 Å². The van der Waals surface area contributed by atoms with E-state index in [0.29, 0.717) is 0 Å². The molecule has 0 saturated heterocycles. The Morgan fingerprint density at radius 2 is 2.12 bits per heavy atom. The van der Waals surface area contributed by atoms with E-state index in [9.17, 15) is 0 Å². The van der Waals surface area contributed by atoms with Crippen LogP contribution < -0.4 is 4.90 Å². The van der Waals surface area contributed by atoms with Crippen molar-refractivity contribution >= 4 is 16.7 Å². The smallest absolute Gasteiger partial charge is 0.139 e. The summed E-state index contributed by atoms with van der Waals surface area (Å²) in [6.07, 6.45) is 1.62. The van der Waals surface area contributed by atoms with Crippen LogP contribution in [0.4, 0.5) is 5.82 Å². The van der Waals surface area contributed by atoms with E-state index < -0.39 is 0 Å². The van der Waals surface area contributed by atoms with Crippen LogP contribution in [0.3, 0.4) is 0 Å². The maximum absolute atomic E-state index is 4.37. The zero-order chi connectivity index (χ0) is 12.4. The van der Waals surface area contributed by atoms with Crippen LogP contribution in [-0.4, -0.2) is 23.6 Å². The molecule has 1 aromatic carbocycles. The predicted molar refractivity (Wildman–Crippen MR) is 72.4 cm³/mol. The van der Waals surface area contributed by atoms with Gasteiger partial charge in [0, 0.05) is 19.0 Å². The quantitative estimate of drug-likeness (QED) is 0.755. The molecule has 0 saturated carbocycles. The number of benzene rings is 1. The minimum Gasteiger partial charge on any atom is -0.355 e. The maximum Gasteiger partial charge on any atom is 0.139 e. The summed E-state index contributed by atoms with van der Waals surface area (Å²) < 4.78 is 0. The first kappa shape index (κ1) is 11.6. The second-order valence-electron chi connectivity index (χ2n) is 4.48. The number of hydrogen-bond acceptors (Lipinski definition) is 3. The van der Waals surface area contributed by atoms with Crippen LogP contribution in [-0.2, 0) is 0 Å². The van der Waals surface area contributed by atoms with Gasteiger partial charge in [0.2, 0.25) is 0 Å². The number of aromatic nitrogens is 2. The molecule has 1 heterocycles. The van der Waals surface area contributed by atoms with Crippen molar-refractivity contribution in [1.29, 1.82) is 0 Å². The maximum atomic E-state index is 4.37. The molecular weight excluding hydrogens is 210 g/mol. The van der Waals surface area contributed by atoms with Gasteiger partial charge >= 0.3 is 0 Å². The Balaban J connectivity index is 2.54. The highest BCUT2D eigenvalue weighted by atomic mass is 15.2. The average molecular weight is 227 g/mol. The van der Waals surface area contributed by atoms with E-state index in [1.54, 1.807) is 6.33 Å². The lowest BCUT2D eigenvalue weighted by Crippen LogP contribution is -2.20. The summed E-state index contributed by atoms with van der Waals surface area (Å²) >= 11 is 0. The molecule has 17 heavy (non-hydrogen) atoms. The lowest BCUT2D eigenvalue weighted by molar-refractivity contribution is 0.955. The molecular formula is C14H17N3. The topological polar surface area (TPSA) is 29.0 Å². The number of nitrogens with zero attached hydrogens (tertiary/aromatic N) is 3. The number of likely N-dealkylation sites (N-methyl/N-ethyl adjacent to an activating group) is 1. The van der Waals surface area contributed by atoms with E-state index in [0.717, 1.165) is 28.8 Å². The van der Waals surface area contributed by atoms with Gasteiger partial charge < -0.3 is 4.90 Å². The molecule has 3 nitrogen and oxygen atoms in total. The lowest BCUT2D eigenvalue weighted by Gasteiger charge is -2.19. The fourth-order valence-corrected chi connectivity index (χ4v) is 2.01. The van der Waals surface area contributed by atoms with Gasteiger partial charge in [-0.3, -0.25) is 0 Å². The van der Waals surface area contributed by atoms with E-state index in [-0.39, 0.29) is 0 Å². The Morgan fingerprint density at radius 1 is 1.35 bits per heavy atom. The van der Waals surface area contributed by atoms with Crippen molar-refractivity contribution < 1.29 is 0 Å². The van der Waals surface area contributed by atoms with Gasteiger partial charge in [-0.2, -0.15) is 0 Å². The first-order valence-electron chi connectivity index (χ1n) is 5.65. The molecule has 88 valence electrons. The fourth-order valence-electron chi connectivity index (χ4n) is 2.01. The van der Waals surface area contributed by atoms with Crippen molar-refractivity contribution in [2.45, 2.75) is 13.8 Å². The number of para-hydroxylation sites is 1. The third-order valence-electron chi connectivity index (χ3n) is 2.71. The minimum atomic E-state index is 0.806. The summed E-state index contributed by atoms with van der Waals surface area (Å²) in [6, 6.07) is 6.17. The number of rotatable bonds is 3. The highest BCUT2D eigenvalue weighted by Gasteiger charge is 2.09. The standard InChI is InChI=1S/C14H17N3/c1-10(2)8-17(4)14-12-7-5-6-11(3)13(12)15-9-16-14/h5-7,9H,1,8H2,2-4H3. The van der Waals surface area contributed by atoms with Crippen LogP contribution >= 0.6 is 0 Å². The summed E-state index contributed by atoms with van der Waals surface area (Å²) in [7, 11) is 2.03. The van der Waals surface area contributed by atoms with Gasteiger partial charge in [0.05, 0.1) is 5.52 Å². The van der Waals surface area contributed by atoms with Crippen LogP contribution in [0.5, 0.6) is 0 Å². The Hall–Kier alpha value is -1.90. The summed E-state index contributed by atoms with van der Waals surface area (Å²) in [4.78, 5) is 10.8. The molecule has 2 rings (SSSR count). The van der Waals surface area contributed by atoms with E-state index in [1.807, 2.05) is 20.0 Å². The molecule has 0 aliphatic carbocycles. The normalized spacial score (nSPS) is 10.5. The van der Waals surface area contributed by atoms with Gasteiger partial charge in [-0.15, -0.1) is 0 Å². The van der Waals surface area contributed by atoms with Gasteiger partial charge in [0.1, 0.15) is 12.1 Å². The minimum absolute atomic E-state index is 0.806. The molecule has 0 amide bonds. The molecule has 0 fully saturated rings. The monoisotopic (exact) mass is 227 g/mol. The third kappa shape index (κ3) is 2.28. The molecule has 1 aromatic heterocycles. The number of anilines is 1. The lowest BCUT2D eigenvalue weighted by atomic mass is 10.1. The van der Waals surface area contributed by atoms with Crippen molar-refractivity contribution in [1.82, 2.24) is 9.97 Å². The van der Waals surface area contributed by atoms with Crippen molar-refractivity contribution in [3.63, 3.8) is 0 Å². The van der Waals surface area contributed by atoms with Crippen LogP contribution in [0.15, 0.2) is 36.7 Å². The fraction of sp³-hybridized carbons (Fsp3) is 0.286. The highest BCUT2D eigenvalue weighted by Crippen LogP contribution is 2.24. The largest absolute Gasteiger partial charge is 0.355 e. The van der Waals surface area contributed by atoms with Crippen molar-refractivity contribution in [3.05, 3.63) is 42.2 Å². The molecule has 0 unspecified atom stereocenters. The summed E-state index contributed by atoms with van der Waals surface area (Å²) in [5.41, 5.74) is 3.31. The van der Waals surface area contributed by atoms with Crippen molar-refractivity contribution in [3.8, 4) is 0 Å². The van der Waals surface area contributed by atoms with Gasteiger partial charge in [-0.25, -0.2) is 9.97 Å². The summed E-state index contributed by atoms with van der Waals surface area (Å²) in [6.45, 7) is 8.83. The SMILES string of the molecule is C=C(C)CN(C)c1ncnc2c(C)cccc12. The molecule has 3 heteroatoms. The summed E-state index contributed by atoms with van der Waals surface area (Å²) in [5, 5.41) is 1.09. The van der Waals surface area contributed by atoms with Gasteiger partial charge in [-0.1, -0.05) is 24.3 Å². The Labute approximate surface area is 102 Å². The molecule has 0 atom stereocenters. The zero-order valence-corrected chi connectivity index (χ0v) is 10.6. The molecule has 0 bridgehead atoms. The molecule has 0 radical (unpaired) electrons. The number of aryl methyl sites for hydroxylation is 1. The number of hydrogen-bond donors (Lipinski definition) is 0.